The number of aliphatic carboxylic acids is 2. The lowest BCUT2D eigenvalue weighted by molar-refractivity contribution is -0.146. The highest BCUT2D eigenvalue weighted by Crippen LogP contribution is 2.29. The maximum absolute atomic E-state index is 11.6. The molecule has 2 aromatic carbocycles. The first kappa shape index (κ1) is 22.2. The monoisotopic (exact) mass is 416 g/mol. The maximum atomic E-state index is 11.6. The third kappa shape index (κ3) is 5.04. The van der Waals surface area contributed by atoms with E-state index in [2.05, 4.69) is 9.98 Å². The Balaban J connectivity index is 2.38. The fourth-order valence-corrected chi connectivity index (χ4v) is 2.50. The summed E-state index contributed by atoms with van der Waals surface area (Å²) in [6.07, 6.45) is 2.07. The number of hydrogen-bond donors (Lipinski definition) is 4. The zero-order valence-electron chi connectivity index (χ0n) is 16.1. The molecule has 0 aliphatic rings. The molecule has 2 rings (SSSR count). The number of methoxy groups -OCH3 is 2. The van der Waals surface area contributed by atoms with E-state index in [1.54, 1.807) is 12.1 Å². The number of aromatic hydroxyl groups is 2. The van der Waals surface area contributed by atoms with Gasteiger partial charge in [0.25, 0.3) is 0 Å². The summed E-state index contributed by atoms with van der Waals surface area (Å²) in [6.45, 7) is 0. The van der Waals surface area contributed by atoms with Gasteiger partial charge in [-0.05, 0) is 24.3 Å². The molecule has 2 aromatic rings. The molecule has 10 nitrogen and oxygen atoms in total. The Morgan fingerprint density at radius 2 is 1.17 bits per heavy atom. The number of carboxylic acid groups (broad SMARTS) is 2. The summed E-state index contributed by atoms with van der Waals surface area (Å²) in [7, 11) is 2.69. The molecule has 0 aliphatic carbocycles. The van der Waals surface area contributed by atoms with Crippen molar-refractivity contribution >= 4 is 24.4 Å². The Hall–Kier alpha value is -4.08. The number of benzene rings is 2. The molecule has 0 aromatic heterocycles. The molecule has 0 saturated heterocycles. The van der Waals surface area contributed by atoms with Crippen LogP contribution in [0.1, 0.15) is 11.1 Å². The molecule has 10 heteroatoms. The van der Waals surface area contributed by atoms with Gasteiger partial charge in [0.05, 0.1) is 14.2 Å². The predicted molar refractivity (Wildman–Crippen MR) is 107 cm³/mol. The van der Waals surface area contributed by atoms with E-state index < -0.39 is 24.0 Å². The van der Waals surface area contributed by atoms with E-state index in [1.165, 1.54) is 38.5 Å². The second kappa shape index (κ2) is 9.92. The summed E-state index contributed by atoms with van der Waals surface area (Å²) in [5.74, 6) is -3.32. The van der Waals surface area contributed by atoms with E-state index in [4.69, 9.17) is 9.47 Å². The van der Waals surface area contributed by atoms with E-state index in [1.807, 2.05) is 0 Å². The van der Waals surface area contributed by atoms with Gasteiger partial charge in [0.1, 0.15) is 0 Å². The molecule has 0 heterocycles. The fourth-order valence-electron chi connectivity index (χ4n) is 2.50. The summed E-state index contributed by atoms with van der Waals surface area (Å²) in [5, 5.41) is 39.1. The van der Waals surface area contributed by atoms with Gasteiger partial charge in [0.15, 0.2) is 35.1 Å². The van der Waals surface area contributed by atoms with Crippen LogP contribution in [0.15, 0.2) is 46.4 Å². The lowest BCUT2D eigenvalue weighted by atomic mass is 10.1. The zero-order chi connectivity index (χ0) is 22.3. The van der Waals surface area contributed by atoms with Crippen molar-refractivity contribution in [1.29, 1.82) is 0 Å². The Morgan fingerprint density at radius 3 is 1.47 bits per heavy atom. The Labute approximate surface area is 171 Å². The van der Waals surface area contributed by atoms with Crippen LogP contribution in [-0.2, 0) is 9.59 Å². The smallest absolute Gasteiger partial charge is 0.331 e. The van der Waals surface area contributed by atoms with Crippen LogP contribution in [0.5, 0.6) is 23.0 Å². The van der Waals surface area contributed by atoms with Crippen molar-refractivity contribution in [2.24, 2.45) is 9.98 Å². The van der Waals surface area contributed by atoms with Crippen molar-refractivity contribution in [3.05, 3.63) is 47.5 Å². The molecule has 0 saturated carbocycles. The lowest BCUT2D eigenvalue weighted by Crippen LogP contribution is -2.37. The average molecular weight is 416 g/mol. The molecule has 30 heavy (non-hydrogen) atoms. The van der Waals surface area contributed by atoms with Crippen LogP contribution in [0.3, 0.4) is 0 Å². The number of phenols is 2. The quantitative estimate of drug-likeness (QED) is 0.448. The summed E-state index contributed by atoms with van der Waals surface area (Å²) in [6, 6.07) is 5.40. The number of phenolic OH excluding ortho intramolecular Hbond substituents is 2. The normalized spacial score (nSPS) is 13.3. The summed E-state index contributed by atoms with van der Waals surface area (Å²) >= 11 is 0. The van der Waals surface area contributed by atoms with Crippen molar-refractivity contribution in [3.8, 4) is 23.0 Å². The van der Waals surface area contributed by atoms with Crippen LogP contribution < -0.4 is 9.47 Å². The molecule has 0 spiro atoms. The van der Waals surface area contributed by atoms with Gasteiger partial charge < -0.3 is 29.9 Å². The van der Waals surface area contributed by atoms with Gasteiger partial charge in [-0.15, -0.1) is 0 Å². The highest BCUT2D eigenvalue weighted by molar-refractivity contribution is 5.92. The fraction of sp³-hybridized carbons (Fsp3) is 0.200. The Bertz CT molecular complexity index is 907. The molecular formula is C20H20N2O8. The summed E-state index contributed by atoms with van der Waals surface area (Å²) in [5.41, 5.74) is 0.276. The van der Waals surface area contributed by atoms with Gasteiger partial charge in [-0.1, -0.05) is 12.1 Å². The van der Waals surface area contributed by atoms with Gasteiger partial charge in [0, 0.05) is 23.6 Å². The molecule has 0 radical (unpaired) electrons. The van der Waals surface area contributed by atoms with E-state index in [0.717, 1.165) is 12.4 Å². The molecule has 0 bridgehead atoms. The first-order valence-corrected chi connectivity index (χ1v) is 8.54. The minimum Gasteiger partial charge on any atom is -0.504 e. The van der Waals surface area contributed by atoms with Gasteiger partial charge in [-0.25, -0.2) is 9.59 Å². The van der Waals surface area contributed by atoms with E-state index in [0.29, 0.717) is 0 Å². The van der Waals surface area contributed by atoms with E-state index >= 15 is 0 Å². The molecular weight excluding hydrogens is 396 g/mol. The number of para-hydroxylation sites is 2. The second-order valence-electron chi connectivity index (χ2n) is 5.92. The van der Waals surface area contributed by atoms with Crippen LogP contribution in [0.4, 0.5) is 0 Å². The zero-order valence-corrected chi connectivity index (χ0v) is 16.1. The largest absolute Gasteiger partial charge is 0.504 e. The summed E-state index contributed by atoms with van der Waals surface area (Å²) in [4.78, 5) is 30.9. The number of ether oxygens (including phenoxy) is 2. The minimum absolute atomic E-state index is 0.138. The maximum Gasteiger partial charge on any atom is 0.331 e. The van der Waals surface area contributed by atoms with Gasteiger partial charge in [0.2, 0.25) is 0 Å². The van der Waals surface area contributed by atoms with Crippen LogP contribution in [0.2, 0.25) is 0 Å². The van der Waals surface area contributed by atoms with Crippen LogP contribution in [0.25, 0.3) is 0 Å². The SMILES string of the molecule is COc1cccc(C=N[C@H](C(=O)O)[C@H](N=Cc2cccc(OC)c2O)C(=O)O)c1O. The number of carbonyl (C=O) groups is 2. The topological polar surface area (TPSA) is 158 Å². The van der Waals surface area contributed by atoms with Crippen LogP contribution in [0, 0.1) is 0 Å². The average Bonchev–Trinajstić information content (AvgIpc) is 2.71. The lowest BCUT2D eigenvalue weighted by Gasteiger charge is -2.13. The molecule has 0 aliphatic heterocycles. The van der Waals surface area contributed by atoms with E-state index in [9.17, 15) is 30.0 Å². The van der Waals surface area contributed by atoms with Crippen molar-refractivity contribution in [2.75, 3.05) is 14.2 Å². The number of nitrogens with zero attached hydrogens (tertiary/aromatic N) is 2. The third-order valence-electron chi connectivity index (χ3n) is 4.05. The first-order valence-electron chi connectivity index (χ1n) is 8.54. The van der Waals surface area contributed by atoms with Gasteiger partial charge in [-0.3, -0.25) is 9.98 Å². The number of carboxylic acids is 2. The van der Waals surface area contributed by atoms with Crippen LogP contribution in [-0.4, -0.2) is 71.1 Å². The van der Waals surface area contributed by atoms with Crippen molar-refractivity contribution in [3.63, 3.8) is 0 Å². The van der Waals surface area contributed by atoms with Crippen molar-refractivity contribution in [1.82, 2.24) is 0 Å². The third-order valence-corrected chi connectivity index (χ3v) is 4.05. The highest BCUT2D eigenvalue weighted by Gasteiger charge is 2.33. The van der Waals surface area contributed by atoms with Crippen LogP contribution >= 0.6 is 0 Å². The van der Waals surface area contributed by atoms with Gasteiger partial charge >= 0.3 is 11.9 Å². The molecule has 4 N–H and O–H groups in total. The number of aliphatic imine (C=N–C) groups is 2. The Kier molecular flexibility index (Phi) is 7.34. The second-order valence-corrected chi connectivity index (χ2v) is 5.92. The molecule has 0 fully saturated rings. The van der Waals surface area contributed by atoms with Gasteiger partial charge in [-0.2, -0.15) is 0 Å². The standard InChI is InChI=1S/C20H20N2O8/c1-29-13-7-3-5-11(17(13)23)9-21-15(19(25)26)16(20(27)28)22-10-12-6-4-8-14(30-2)18(12)24/h3-10,15-16,23-24H,1-2H3,(H,25,26)(H,27,28)/t15-,16-/m0/s1. The predicted octanol–water partition coefficient (Wildman–Crippen LogP) is 1.56. The number of rotatable bonds is 9. The molecule has 0 amide bonds. The number of hydrogen-bond acceptors (Lipinski definition) is 8. The summed E-state index contributed by atoms with van der Waals surface area (Å²) < 4.78 is 9.93. The Morgan fingerprint density at radius 1 is 0.800 bits per heavy atom. The molecule has 0 unspecified atom stereocenters. The molecule has 2 atom stereocenters. The van der Waals surface area contributed by atoms with Crippen molar-refractivity contribution < 1.29 is 39.5 Å². The highest BCUT2D eigenvalue weighted by atomic mass is 16.5. The first-order chi connectivity index (χ1) is 14.3. The van der Waals surface area contributed by atoms with E-state index in [-0.39, 0.29) is 34.1 Å². The van der Waals surface area contributed by atoms with Crippen molar-refractivity contribution in [2.45, 2.75) is 12.1 Å². The minimum atomic E-state index is -1.79. The molecule has 158 valence electrons.